The maximum atomic E-state index is 11.5. The van der Waals surface area contributed by atoms with Gasteiger partial charge in [-0.15, -0.1) is 0 Å². The zero-order valence-corrected chi connectivity index (χ0v) is 10.6. The number of sulfonamides is 1. The minimum absolute atomic E-state index is 0.0996. The van der Waals surface area contributed by atoms with E-state index < -0.39 is 15.6 Å². The fraction of sp³-hybridized carbons (Fsp3) is 1.00. The molecule has 1 fully saturated rings. The molecule has 1 rings (SSSR count). The van der Waals surface area contributed by atoms with Crippen molar-refractivity contribution in [1.29, 1.82) is 0 Å². The second kappa shape index (κ2) is 5.95. The lowest BCUT2D eigenvalue weighted by Crippen LogP contribution is -2.47. The van der Waals surface area contributed by atoms with Crippen LogP contribution in [0.2, 0.25) is 0 Å². The largest absolute Gasteiger partial charge is 0.388 e. The second-order valence-electron chi connectivity index (χ2n) is 4.33. The van der Waals surface area contributed by atoms with Gasteiger partial charge in [-0.05, 0) is 6.42 Å². The number of nitrogens with one attached hydrogen (secondary N) is 1. The molecule has 0 aromatic carbocycles. The average molecular weight is 251 g/mol. The molecule has 0 bridgehead atoms. The van der Waals surface area contributed by atoms with Crippen molar-refractivity contribution >= 4 is 10.0 Å². The molecule has 0 saturated carbocycles. The van der Waals surface area contributed by atoms with Gasteiger partial charge in [0.25, 0.3) is 0 Å². The molecule has 16 heavy (non-hydrogen) atoms. The van der Waals surface area contributed by atoms with Gasteiger partial charge >= 0.3 is 0 Å². The summed E-state index contributed by atoms with van der Waals surface area (Å²) in [6.07, 6.45) is 2.47. The van der Waals surface area contributed by atoms with Crippen LogP contribution < -0.4 is 4.72 Å². The van der Waals surface area contributed by atoms with Crippen LogP contribution in [0.1, 0.15) is 32.6 Å². The van der Waals surface area contributed by atoms with E-state index in [0.29, 0.717) is 32.5 Å². The van der Waals surface area contributed by atoms with Crippen molar-refractivity contribution in [2.45, 2.75) is 38.2 Å². The summed E-state index contributed by atoms with van der Waals surface area (Å²) in [6, 6.07) is 0. The van der Waals surface area contributed by atoms with Crippen LogP contribution in [0, 0.1) is 0 Å². The van der Waals surface area contributed by atoms with Crippen LogP contribution in [0.25, 0.3) is 0 Å². The van der Waals surface area contributed by atoms with Gasteiger partial charge in [-0.25, -0.2) is 13.1 Å². The molecule has 5 nitrogen and oxygen atoms in total. The molecule has 1 aliphatic heterocycles. The molecule has 6 heteroatoms. The Labute approximate surface area is 97.2 Å². The van der Waals surface area contributed by atoms with Crippen LogP contribution in [0.15, 0.2) is 0 Å². The first-order valence-corrected chi connectivity index (χ1v) is 7.40. The monoisotopic (exact) mass is 251 g/mol. The quantitative estimate of drug-likeness (QED) is 0.709. The van der Waals surface area contributed by atoms with Gasteiger partial charge in [0, 0.05) is 32.6 Å². The molecule has 0 aromatic heterocycles. The Bertz CT molecular complexity index is 296. The molecule has 1 saturated heterocycles. The molecule has 0 spiro atoms. The Hall–Kier alpha value is -0.170. The number of rotatable bonds is 6. The van der Waals surface area contributed by atoms with Gasteiger partial charge in [0.05, 0.1) is 11.4 Å². The summed E-state index contributed by atoms with van der Waals surface area (Å²) in [5.41, 5.74) is -0.933. The first kappa shape index (κ1) is 13.9. The summed E-state index contributed by atoms with van der Waals surface area (Å²) in [6.45, 7) is 3.03. The highest BCUT2D eigenvalue weighted by Gasteiger charge is 2.30. The van der Waals surface area contributed by atoms with E-state index in [0.717, 1.165) is 6.42 Å². The Morgan fingerprint density at radius 2 is 2.00 bits per heavy atom. The van der Waals surface area contributed by atoms with E-state index in [-0.39, 0.29) is 12.3 Å². The van der Waals surface area contributed by atoms with Crippen molar-refractivity contribution in [2.24, 2.45) is 0 Å². The second-order valence-corrected chi connectivity index (χ2v) is 6.26. The predicted octanol–water partition coefficient (Wildman–Crippen LogP) is 0.247. The van der Waals surface area contributed by atoms with Crippen LogP contribution in [0.4, 0.5) is 0 Å². The van der Waals surface area contributed by atoms with Gasteiger partial charge in [0.2, 0.25) is 10.0 Å². The van der Waals surface area contributed by atoms with Gasteiger partial charge in [-0.3, -0.25) is 0 Å². The molecule has 1 aliphatic rings. The maximum absolute atomic E-state index is 11.5. The highest BCUT2D eigenvalue weighted by atomic mass is 32.2. The van der Waals surface area contributed by atoms with Crippen LogP contribution in [0.5, 0.6) is 0 Å². The Balaban J connectivity index is 2.37. The van der Waals surface area contributed by atoms with E-state index in [1.165, 1.54) is 0 Å². The zero-order valence-electron chi connectivity index (χ0n) is 9.74. The number of aliphatic hydroxyl groups is 1. The first-order chi connectivity index (χ1) is 7.47. The molecule has 0 aliphatic carbocycles. The lowest BCUT2D eigenvalue weighted by Gasteiger charge is -2.31. The van der Waals surface area contributed by atoms with Crippen LogP contribution in [-0.2, 0) is 14.8 Å². The molecule has 0 atom stereocenters. The zero-order chi connectivity index (χ0) is 12.1. The molecule has 1 heterocycles. The van der Waals surface area contributed by atoms with Gasteiger partial charge in [-0.2, -0.15) is 0 Å². The summed E-state index contributed by atoms with van der Waals surface area (Å²) in [5, 5.41) is 10.1. The highest BCUT2D eigenvalue weighted by Crippen LogP contribution is 2.19. The fourth-order valence-electron chi connectivity index (χ4n) is 1.58. The van der Waals surface area contributed by atoms with Crippen molar-refractivity contribution in [3.8, 4) is 0 Å². The molecular formula is C10H21NO4S. The van der Waals surface area contributed by atoms with Crippen LogP contribution in [-0.4, -0.2) is 44.6 Å². The summed E-state index contributed by atoms with van der Waals surface area (Å²) in [5.74, 6) is 0.135. The fourth-order valence-corrected chi connectivity index (χ4v) is 2.88. The van der Waals surface area contributed by atoms with E-state index in [2.05, 4.69) is 4.72 Å². The molecule has 0 amide bonds. The number of hydrogen-bond acceptors (Lipinski definition) is 4. The Kier molecular flexibility index (Phi) is 5.17. The van der Waals surface area contributed by atoms with Gasteiger partial charge in [-0.1, -0.05) is 13.3 Å². The lowest BCUT2D eigenvalue weighted by atomic mass is 9.95. The molecule has 0 radical (unpaired) electrons. The smallest absolute Gasteiger partial charge is 0.211 e. The third kappa shape index (κ3) is 4.78. The number of unbranched alkanes of at least 4 members (excludes halogenated alkanes) is 1. The maximum Gasteiger partial charge on any atom is 0.211 e. The molecule has 96 valence electrons. The number of hydrogen-bond donors (Lipinski definition) is 2. The minimum atomic E-state index is -3.23. The Morgan fingerprint density at radius 3 is 2.56 bits per heavy atom. The van der Waals surface area contributed by atoms with E-state index in [1.807, 2.05) is 6.92 Å². The highest BCUT2D eigenvalue weighted by molar-refractivity contribution is 7.89. The van der Waals surface area contributed by atoms with Crippen molar-refractivity contribution < 1.29 is 18.3 Å². The predicted molar refractivity (Wildman–Crippen MR) is 61.7 cm³/mol. The van der Waals surface area contributed by atoms with Crippen molar-refractivity contribution in [3.63, 3.8) is 0 Å². The van der Waals surface area contributed by atoms with Gasteiger partial charge in [0.1, 0.15) is 0 Å². The molecule has 0 unspecified atom stereocenters. The molecular weight excluding hydrogens is 230 g/mol. The lowest BCUT2D eigenvalue weighted by molar-refractivity contribution is -0.0588. The van der Waals surface area contributed by atoms with Crippen LogP contribution in [0.3, 0.4) is 0 Å². The van der Waals surface area contributed by atoms with E-state index >= 15 is 0 Å². The van der Waals surface area contributed by atoms with Crippen molar-refractivity contribution in [1.82, 2.24) is 4.72 Å². The summed E-state index contributed by atoms with van der Waals surface area (Å²) >= 11 is 0. The number of ether oxygens (including phenoxy) is 1. The van der Waals surface area contributed by atoms with E-state index in [4.69, 9.17) is 4.74 Å². The van der Waals surface area contributed by atoms with Gasteiger partial charge < -0.3 is 9.84 Å². The first-order valence-electron chi connectivity index (χ1n) is 5.75. The third-order valence-corrected chi connectivity index (χ3v) is 4.22. The minimum Gasteiger partial charge on any atom is -0.388 e. The summed E-state index contributed by atoms with van der Waals surface area (Å²) < 4.78 is 30.6. The van der Waals surface area contributed by atoms with Crippen molar-refractivity contribution in [3.05, 3.63) is 0 Å². The van der Waals surface area contributed by atoms with Crippen molar-refractivity contribution in [2.75, 3.05) is 25.5 Å². The Morgan fingerprint density at radius 1 is 1.38 bits per heavy atom. The SMILES string of the molecule is CCCCS(=O)(=O)NCC1(O)CCOCC1. The third-order valence-electron chi connectivity index (χ3n) is 2.81. The summed E-state index contributed by atoms with van der Waals surface area (Å²) in [7, 11) is -3.23. The van der Waals surface area contributed by atoms with E-state index in [1.54, 1.807) is 0 Å². The molecule has 0 aromatic rings. The van der Waals surface area contributed by atoms with Gasteiger partial charge in [0.15, 0.2) is 0 Å². The van der Waals surface area contributed by atoms with E-state index in [9.17, 15) is 13.5 Å². The summed E-state index contributed by atoms with van der Waals surface area (Å²) in [4.78, 5) is 0. The average Bonchev–Trinajstić information content (AvgIpc) is 2.25. The standard InChI is InChI=1S/C10H21NO4S/c1-2-3-8-16(13,14)11-9-10(12)4-6-15-7-5-10/h11-12H,2-9H2,1H3. The topological polar surface area (TPSA) is 75.6 Å². The molecule has 2 N–H and O–H groups in total. The normalized spacial score (nSPS) is 20.9. The van der Waals surface area contributed by atoms with Crippen LogP contribution >= 0.6 is 0 Å².